The molecule has 1 heterocycles. The largest absolute Gasteiger partial charge is 0.472 e. The van der Waals surface area contributed by atoms with Gasteiger partial charge in [0.05, 0.1) is 16.4 Å². The molecule has 3 aromatic rings. The lowest BCUT2D eigenvalue weighted by atomic mass is 10.0. The Morgan fingerprint density at radius 3 is 1.63 bits per heavy atom. The van der Waals surface area contributed by atoms with E-state index in [1.807, 2.05) is 60.7 Å². The fraction of sp³-hybridized carbons (Fsp3) is 0.333. The van der Waals surface area contributed by atoms with E-state index in [2.05, 4.69) is 23.8 Å². The van der Waals surface area contributed by atoms with Gasteiger partial charge in [-0.25, -0.2) is 0 Å². The lowest BCUT2D eigenvalue weighted by Gasteiger charge is -2.17. The minimum absolute atomic E-state index is 0. The first-order valence-corrected chi connectivity index (χ1v) is 11.2. The monoisotopic (exact) mass is 426 g/mol. The molecule has 2 aromatic carbocycles. The van der Waals surface area contributed by atoms with Gasteiger partial charge in [0.15, 0.2) is 0 Å². The molecule has 0 amide bonds. The van der Waals surface area contributed by atoms with Gasteiger partial charge in [0.2, 0.25) is 16.9 Å². The van der Waals surface area contributed by atoms with Crippen LogP contribution in [0.25, 0.3) is 0 Å². The van der Waals surface area contributed by atoms with Crippen molar-refractivity contribution in [2.45, 2.75) is 46.1 Å². The van der Waals surface area contributed by atoms with Crippen LogP contribution in [0.3, 0.4) is 0 Å². The van der Waals surface area contributed by atoms with E-state index < -0.39 is 10.8 Å². The third kappa shape index (κ3) is 6.66. The van der Waals surface area contributed by atoms with E-state index in [4.69, 9.17) is 9.47 Å². The van der Waals surface area contributed by atoms with E-state index in [0.29, 0.717) is 37.3 Å². The van der Waals surface area contributed by atoms with Crippen LogP contribution < -0.4 is 9.47 Å². The third-order valence-corrected chi connectivity index (χ3v) is 4.91. The van der Waals surface area contributed by atoms with Gasteiger partial charge in [-0.3, -0.25) is 4.21 Å². The zero-order chi connectivity index (χ0) is 20.6. The summed E-state index contributed by atoms with van der Waals surface area (Å²) in [7, 11) is -1.35. The number of ether oxygens (including phenoxy) is 2. The molecule has 6 heteroatoms. The molecule has 1 atom stereocenters. The number of hydrogen-bond acceptors (Lipinski definition) is 5. The van der Waals surface area contributed by atoms with Crippen LogP contribution in [0.1, 0.15) is 38.0 Å². The summed E-state index contributed by atoms with van der Waals surface area (Å²) in [5.41, 5.74) is 2.88. The summed E-state index contributed by atoms with van der Waals surface area (Å²) in [5, 5.41) is 0.212. The second-order valence-corrected chi connectivity index (χ2v) is 8.47. The standard InChI is InChI=1S/C23H26N2O3S.CH4/c1-17(2)14-20-21(27-15-18-10-6-4-7-11-18)24-23(29(3)26)25-22(20)28-16-19-12-8-5-9-13-19;/h4-13,17H,14-16H2,1-3H3;1H4. The van der Waals surface area contributed by atoms with Crippen molar-refractivity contribution in [2.75, 3.05) is 6.26 Å². The maximum Gasteiger partial charge on any atom is 0.224 e. The molecule has 0 spiro atoms. The molecular formula is C24H30N2O3S. The zero-order valence-electron chi connectivity index (χ0n) is 17.0. The minimum Gasteiger partial charge on any atom is -0.472 e. The molecule has 0 aliphatic heterocycles. The Bertz CT molecular complexity index is 883. The van der Waals surface area contributed by atoms with Gasteiger partial charge >= 0.3 is 0 Å². The van der Waals surface area contributed by atoms with E-state index in [9.17, 15) is 4.21 Å². The Kier molecular flexibility index (Phi) is 8.99. The van der Waals surface area contributed by atoms with Crippen molar-refractivity contribution in [1.82, 2.24) is 9.97 Å². The van der Waals surface area contributed by atoms with Crippen LogP contribution in [-0.4, -0.2) is 20.4 Å². The van der Waals surface area contributed by atoms with Crippen LogP contribution >= 0.6 is 0 Å². The number of nitrogens with zero attached hydrogens (tertiary/aromatic N) is 2. The molecule has 1 aromatic heterocycles. The van der Waals surface area contributed by atoms with Crippen molar-refractivity contribution < 1.29 is 13.7 Å². The van der Waals surface area contributed by atoms with Crippen LogP contribution in [0, 0.1) is 5.92 Å². The first-order valence-electron chi connectivity index (χ1n) is 9.60. The number of benzene rings is 2. The second-order valence-electron chi connectivity index (χ2n) is 7.20. The molecule has 0 fully saturated rings. The maximum atomic E-state index is 12.1. The van der Waals surface area contributed by atoms with Crippen molar-refractivity contribution in [3.8, 4) is 11.8 Å². The molecule has 5 nitrogen and oxygen atoms in total. The van der Waals surface area contributed by atoms with E-state index in [0.717, 1.165) is 16.7 Å². The smallest absolute Gasteiger partial charge is 0.224 e. The maximum absolute atomic E-state index is 12.1. The summed E-state index contributed by atoms with van der Waals surface area (Å²) in [6.45, 7) is 4.98. The Labute approximate surface area is 182 Å². The Morgan fingerprint density at radius 1 is 0.833 bits per heavy atom. The van der Waals surface area contributed by atoms with Crippen molar-refractivity contribution in [3.05, 3.63) is 77.4 Å². The summed E-state index contributed by atoms with van der Waals surface area (Å²) in [5.74, 6) is 1.23. The van der Waals surface area contributed by atoms with Gasteiger partial charge in [-0.15, -0.1) is 0 Å². The highest BCUT2D eigenvalue weighted by molar-refractivity contribution is 7.84. The summed E-state index contributed by atoms with van der Waals surface area (Å²) >= 11 is 0. The zero-order valence-corrected chi connectivity index (χ0v) is 17.8. The van der Waals surface area contributed by atoms with Crippen molar-refractivity contribution in [1.29, 1.82) is 0 Å². The third-order valence-electron chi connectivity index (χ3n) is 4.22. The molecule has 0 saturated heterocycles. The number of aromatic nitrogens is 2. The predicted octanol–water partition coefficient (Wildman–Crippen LogP) is 5.21. The van der Waals surface area contributed by atoms with Crippen LogP contribution in [0.4, 0.5) is 0 Å². The highest BCUT2D eigenvalue weighted by Gasteiger charge is 2.20. The molecule has 0 radical (unpaired) electrons. The van der Waals surface area contributed by atoms with Crippen LogP contribution in [0.2, 0.25) is 0 Å². The van der Waals surface area contributed by atoms with Crippen LogP contribution in [0.5, 0.6) is 11.8 Å². The summed E-state index contributed by atoms with van der Waals surface area (Å²) in [4.78, 5) is 8.88. The average Bonchev–Trinajstić information content (AvgIpc) is 2.72. The Balaban J connectivity index is 0.00000320. The molecule has 160 valence electrons. The molecular weight excluding hydrogens is 396 g/mol. The van der Waals surface area contributed by atoms with Gasteiger partial charge in [0.1, 0.15) is 13.2 Å². The lowest BCUT2D eigenvalue weighted by Crippen LogP contribution is -2.11. The molecule has 3 rings (SSSR count). The van der Waals surface area contributed by atoms with E-state index in [1.54, 1.807) is 6.26 Å². The average molecular weight is 427 g/mol. The molecule has 0 aliphatic rings. The molecule has 1 unspecified atom stereocenters. The molecule has 0 N–H and O–H groups in total. The van der Waals surface area contributed by atoms with E-state index in [1.165, 1.54) is 0 Å². The highest BCUT2D eigenvalue weighted by Crippen LogP contribution is 2.30. The summed E-state index contributed by atoms with van der Waals surface area (Å²) < 4.78 is 24.2. The minimum atomic E-state index is -1.35. The van der Waals surface area contributed by atoms with Crippen molar-refractivity contribution in [2.24, 2.45) is 5.92 Å². The van der Waals surface area contributed by atoms with Crippen LogP contribution in [-0.2, 0) is 30.4 Å². The first-order chi connectivity index (χ1) is 14.0. The van der Waals surface area contributed by atoms with Crippen LogP contribution in [0.15, 0.2) is 65.8 Å². The number of rotatable bonds is 9. The van der Waals surface area contributed by atoms with Gasteiger partial charge in [-0.05, 0) is 23.5 Å². The van der Waals surface area contributed by atoms with Gasteiger partial charge < -0.3 is 9.47 Å². The molecule has 0 saturated carbocycles. The Hall–Kier alpha value is -2.73. The summed E-state index contributed by atoms with van der Waals surface area (Å²) in [6.07, 6.45) is 2.25. The van der Waals surface area contributed by atoms with Crippen molar-refractivity contribution >= 4 is 10.8 Å². The second kappa shape index (κ2) is 11.5. The quantitative estimate of drug-likeness (QED) is 0.440. The van der Waals surface area contributed by atoms with Crippen molar-refractivity contribution in [3.63, 3.8) is 0 Å². The molecule has 0 bridgehead atoms. The first kappa shape index (κ1) is 23.5. The van der Waals surface area contributed by atoms with Gasteiger partial charge in [-0.2, -0.15) is 9.97 Å². The predicted molar refractivity (Wildman–Crippen MR) is 121 cm³/mol. The lowest BCUT2D eigenvalue weighted by molar-refractivity contribution is 0.260. The van der Waals surface area contributed by atoms with Gasteiger partial charge in [-0.1, -0.05) is 81.9 Å². The van der Waals surface area contributed by atoms with E-state index in [-0.39, 0.29) is 12.6 Å². The molecule has 0 aliphatic carbocycles. The van der Waals surface area contributed by atoms with Gasteiger partial charge in [0, 0.05) is 6.26 Å². The van der Waals surface area contributed by atoms with Gasteiger partial charge in [0.25, 0.3) is 0 Å². The normalized spacial score (nSPS) is 11.6. The Morgan fingerprint density at radius 2 is 1.27 bits per heavy atom. The summed E-state index contributed by atoms with van der Waals surface area (Å²) in [6, 6.07) is 19.8. The SMILES string of the molecule is C.CC(C)Cc1c(OCc2ccccc2)nc(S(C)=O)nc1OCc1ccccc1. The number of hydrogen-bond donors (Lipinski definition) is 0. The fourth-order valence-electron chi connectivity index (χ4n) is 2.83. The van der Waals surface area contributed by atoms with E-state index >= 15 is 0 Å². The highest BCUT2D eigenvalue weighted by atomic mass is 32.2. The fourth-order valence-corrected chi connectivity index (χ4v) is 3.25. The molecule has 30 heavy (non-hydrogen) atoms. The topological polar surface area (TPSA) is 61.3 Å².